The monoisotopic (exact) mass is 550 g/mol. The Bertz CT molecular complexity index is 1470. The predicted octanol–water partition coefficient (Wildman–Crippen LogP) is 7.31. The van der Waals surface area contributed by atoms with E-state index in [0.717, 1.165) is 42.6 Å². The number of amides is 1. The molecule has 0 bridgehead atoms. The van der Waals surface area contributed by atoms with Crippen LogP contribution < -0.4 is 5.32 Å². The topological polar surface area (TPSA) is 42.0 Å². The first-order valence-corrected chi connectivity index (χ1v) is 11.3. The van der Waals surface area contributed by atoms with Crippen LogP contribution in [-0.4, -0.2) is 10.9 Å². The summed E-state index contributed by atoms with van der Waals surface area (Å²) >= 11 is 0. The van der Waals surface area contributed by atoms with Gasteiger partial charge in [0.1, 0.15) is 17.2 Å². The Kier molecular flexibility index (Phi) is 7.45. The molecule has 0 saturated carbocycles. The van der Waals surface area contributed by atoms with E-state index in [4.69, 9.17) is 0 Å². The van der Waals surface area contributed by atoms with Gasteiger partial charge in [-0.15, -0.1) is 0 Å². The minimum Gasteiger partial charge on any atom is -0.337 e. The van der Waals surface area contributed by atoms with Crippen molar-refractivity contribution in [2.75, 3.05) is 0 Å². The van der Waals surface area contributed by atoms with E-state index in [9.17, 15) is 39.9 Å². The zero-order chi connectivity index (χ0) is 28.4. The normalized spacial score (nSPS) is 13.5. The van der Waals surface area contributed by atoms with Crippen LogP contribution in [0.25, 0.3) is 0 Å². The number of nitrogens with one attached hydrogen (secondary N) is 1. The summed E-state index contributed by atoms with van der Waals surface area (Å²) < 4.78 is 109. The highest BCUT2D eigenvalue weighted by Gasteiger charge is 2.41. The second-order valence-corrected chi connectivity index (χ2v) is 8.65. The highest BCUT2D eigenvalue weighted by atomic mass is 19.4. The molecule has 1 N–H and O–H groups in total. The lowest BCUT2D eigenvalue weighted by Crippen LogP contribution is -2.49. The lowest BCUT2D eigenvalue weighted by Gasteiger charge is -2.36. The van der Waals surface area contributed by atoms with Crippen molar-refractivity contribution in [1.82, 2.24) is 10.3 Å². The van der Waals surface area contributed by atoms with Gasteiger partial charge in [0.25, 0.3) is 5.91 Å². The van der Waals surface area contributed by atoms with Crippen LogP contribution in [0, 0.1) is 11.6 Å². The quantitative estimate of drug-likeness (QED) is 0.256. The van der Waals surface area contributed by atoms with Crippen molar-refractivity contribution < 1.29 is 39.9 Å². The number of alkyl halides is 6. The van der Waals surface area contributed by atoms with Crippen LogP contribution in [0.4, 0.5) is 35.1 Å². The number of hydrogen-bond donors (Lipinski definition) is 1. The molecule has 4 aromatic rings. The molecular weight excluding hydrogens is 532 g/mol. The van der Waals surface area contributed by atoms with Gasteiger partial charge in [0.2, 0.25) is 0 Å². The molecule has 3 nitrogen and oxygen atoms in total. The van der Waals surface area contributed by atoms with Gasteiger partial charge >= 0.3 is 12.4 Å². The van der Waals surface area contributed by atoms with Gasteiger partial charge in [-0.3, -0.25) is 9.78 Å². The van der Waals surface area contributed by atoms with Crippen molar-refractivity contribution in [2.24, 2.45) is 0 Å². The number of benzene rings is 3. The van der Waals surface area contributed by atoms with Crippen LogP contribution in [0.5, 0.6) is 0 Å². The minimum atomic E-state index is -5.11. The van der Waals surface area contributed by atoms with Crippen LogP contribution in [-0.2, 0) is 24.3 Å². The van der Waals surface area contributed by atoms with Crippen LogP contribution in [0.15, 0.2) is 91.1 Å². The Morgan fingerprint density at radius 3 is 2.05 bits per heavy atom. The van der Waals surface area contributed by atoms with Crippen molar-refractivity contribution >= 4 is 5.91 Å². The number of hydrogen-bond acceptors (Lipinski definition) is 2. The molecule has 0 radical (unpaired) electrons. The van der Waals surface area contributed by atoms with Gasteiger partial charge in [-0.1, -0.05) is 42.5 Å². The van der Waals surface area contributed by atoms with E-state index >= 15 is 0 Å². The average Bonchev–Trinajstić information content (AvgIpc) is 2.88. The van der Waals surface area contributed by atoms with Crippen LogP contribution >= 0.6 is 0 Å². The van der Waals surface area contributed by atoms with E-state index < -0.39 is 52.1 Å². The Morgan fingerprint density at radius 2 is 1.44 bits per heavy atom. The molecule has 1 atom stereocenters. The van der Waals surface area contributed by atoms with Gasteiger partial charge in [0.05, 0.1) is 23.0 Å². The number of nitrogens with zero attached hydrogens (tertiary/aromatic N) is 1. The summed E-state index contributed by atoms with van der Waals surface area (Å²) in [6.07, 6.45) is -9.30. The Labute approximate surface area is 217 Å². The fourth-order valence-corrected chi connectivity index (χ4v) is 4.16. The molecule has 0 saturated heterocycles. The van der Waals surface area contributed by atoms with Crippen molar-refractivity contribution in [3.05, 3.63) is 136 Å². The van der Waals surface area contributed by atoms with Crippen molar-refractivity contribution in [3.63, 3.8) is 0 Å². The number of pyridine rings is 1. The molecule has 0 aliphatic carbocycles. The van der Waals surface area contributed by atoms with Gasteiger partial charge in [-0.2, -0.15) is 26.3 Å². The van der Waals surface area contributed by atoms with Gasteiger partial charge in [-0.25, -0.2) is 8.78 Å². The van der Waals surface area contributed by atoms with Gasteiger partial charge in [0.15, 0.2) is 0 Å². The summed E-state index contributed by atoms with van der Waals surface area (Å²) in [5.74, 6) is -3.52. The third-order valence-electron chi connectivity index (χ3n) is 6.02. The highest BCUT2D eigenvalue weighted by molar-refractivity contribution is 5.95. The number of rotatable bonds is 6. The molecule has 1 heterocycles. The van der Waals surface area contributed by atoms with Crippen LogP contribution in [0.1, 0.15) is 38.3 Å². The lowest BCUT2D eigenvalue weighted by molar-refractivity contribution is -0.140. The fraction of sp³-hybridized carbons (Fsp3) is 0.143. The molecule has 0 fully saturated rings. The van der Waals surface area contributed by atoms with E-state index in [1.54, 1.807) is 30.3 Å². The first-order chi connectivity index (χ1) is 18.3. The van der Waals surface area contributed by atoms with E-state index in [1.165, 1.54) is 6.07 Å². The van der Waals surface area contributed by atoms with Crippen molar-refractivity contribution in [3.8, 4) is 0 Å². The maximum atomic E-state index is 13.9. The fourth-order valence-electron chi connectivity index (χ4n) is 4.16. The zero-order valence-electron chi connectivity index (χ0n) is 19.7. The van der Waals surface area contributed by atoms with Crippen LogP contribution in [0.3, 0.4) is 0 Å². The molecule has 1 amide bonds. The van der Waals surface area contributed by atoms with E-state index in [1.807, 2.05) is 0 Å². The summed E-state index contributed by atoms with van der Waals surface area (Å²) in [5, 5.41) is 2.54. The summed E-state index contributed by atoms with van der Waals surface area (Å²) in [4.78, 5) is 17.4. The Morgan fingerprint density at radius 1 is 0.744 bits per heavy atom. The molecule has 4 rings (SSSR count). The van der Waals surface area contributed by atoms with E-state index in [-0.39, 0.29) is 17.7 Å². The highest BCUT2D eigenvalue weighted by Crippen LogP contribution is 2.38. The van der Waals surface area contributed by atoms with E-state index in [2.05, 4.69) is 10.3 Å². The maximum Gasteiger partial charge on any atom is 0.419 e. The second-order valence-electron chi connectivity index (χ2n) is 8.65. The summed E-state index contributed by atoms with van der Waals surface area (Å²) in [6.45, 7) is 0. The first-order valence-electron chi connectivity index (χ1n) is 11.3. The summed E-state index contributed by atoms with van der Waals surface area (Å²) in [7, 11) is 0. The molecular formula is C28H18F8N2O. The first kappa shape index (κ1) is 27.7. The third-order valence-corrected chi connectivity index (χ3v) is 6.02. The van der Waals surface area contributed by atoms with E-state index in [0.29, 0.717) is 17.7 Å². The lowest BCUT2D eigenvalue weighted by atomic mass is 9.79. The van der Waals surface area contributed by atoms with Gasteiger partial charge in [-0.05, 0) is 53.6 Å². The molecule has 1 unspecified atom stereocenters. The smallest absolute Gasteiger partial charge is 0.337 e. The summed E-state index contributed by atoms with van der Waals surface area (Å²) in [5.41, 5.74) is -4.96. The SMILES string of the molecule is O=C(NC(Cc1ccccc1)(c1cccc(C(F)(F)F)c1)c1ccc(F)cn1)c1ccc(F)c(C(F)(F)F)c1. The molecule has 202 valence electrons. The molecule has 3 aromatic carbocycles. The number of aromatic nitrogens is 1. The average molecular weight is 550 g/mol. The zero-order valence-corrected chi connectivity index (χ0v) is 19.7. The molecule has 0 spiro atoms. The predicted molar refractivity (Wildman–Crippen MR) is 125 cm³/mol. The van der Waals surface area contributed by atoms with Crippen LogP contribution in [0.2, 0.25) is 0 Å². The molecule has 39 heavy (non-hydrogen) atoms. The number of halogens is 8. The van der Waals surface area contributed by atoms with Gasteiger partial charge in [0, 0.05) is 12.0 Å². The Balaban J connectivity index is 1.94. The standard InChI is InChI=1S/C28H18F8N2O/c29-21-10-12-24(37-16-21)26(15-17-5-2-1-3-6-17,19-7-4-8-20(14-19)27(31,32)33)38-25(39)18-9-11-23(30)22(13-18)28(34,35)36/h1-14,16H,15H2,(H,38,39). The van der Waals surface area contributed by atoms with Gasteiger partial charge < -0.3 is 5.32 Å². The maximum absolute atomic E-state index is 13.9. The minimum absolute atomic E-state index is 0.0846. The molecule has 1 aromatic heterocycles. The largest absolute Gasteiger partial charge is 0.419 e. The van der Waals surface area contributed by atoms with Crippen molar-refractivity contribution in [1.29, 1.82) is 0 Å². The second kappa shape index (κ2) is 10.5. The number of carbonyl (C=O) groups is 1. The molecule has 0 aliphatic rings. The summed E-state index contributed by atoms with van der Waals surface area (Å²) in [6, 6.07) is 15.9. The Hall–Kier alpha value is -4.28. The molecule has 11 heteroatoms. The van der Waals surface area contributed by atoms with Crippen molar-refractivity contribution in [2.45, 2.75) is 24.3 Å². The molecule has 0 aliphatic heterocycles. The third kappa shape index (κ3) is 6.08. The number of carbonyl (C=O) groups excluding carboxylic acids is 1.